The number of allylic oxidation sites excluding steroid dienone is 2. The molecular formula is C17H24O4. The molecule has 4 heteroatoms. The molecule has 116 valence electrons. The van der Waals surface area contributed by atoms with E-state index < -0.39 is 11.4 Å². The summed E-state index contributed by atoms with van der Waals surface area (Å²) in [6, 6.07) is 0. The van der Waals surface area contributed by atoms with Crippen LogP contribution in [0.5, 0.6) is 0 Å². The van der Waals surface area contributed by atoms with Crippen LogP contribution < -0.4 is 0 Å². The van der Waals surface area contributed by atoms with Gasteiger partial charge < -0.3 is 4.74 Å². The minimum absolute atomic E-state index is 0.116. The monoisotopic (exact) mass is 292 g/mol. The molecule has 2 aliphatic carbocycles. The van der Waals surface area contributed by atoms with Gasteiger partial charge in [-0.15, -0.1) is 0 Å². The lowest BCUT2D eigenvalue weighted by Crippen LogP contribution is -2.49. The van der Waals surface area contributed by atoms with E-state index in [-0.39, 0.29) is 28.8 Å². The molecule has 2 rings (SSSR count). The number of esters is 1. The number of hydrogen-bond acceptors (Lipinski definition) is 4. The van der Waals surface area contributed by atoms with Crippen molar-refractivity contribution in [3.63, 3.8) is 0 Å². The summed E-state index contributed by atoms with van der Waals surface area (Å²) in [5.41, 5.74) is -0.350. The average molecular weight is 292 g/mol. The molecule has 2 aliphatic rings. The molecule has 0 spiro atoms. The van der Waals surface area contributed by atoms with Crippen LogP contribution in [0, 0.1) is 22.7 Å². The van der Waals surface area contributed by atoms with Crippen molar-refractivity contribution in [3.8, 4) is 0 Å². The first kappa shape index (κ1) is 15.9. The molecule has 1 fully saturated rings. The number of Topliss-reactive ketones (excluding diaryl/α,β-unsaturated/α-hetero) is 2. The smallest absolute Gasteiger partial charge is 0.307 e. The fraction of sp³-hybridized carbons (Fsp3) is 0.706. The highest BCUT2D eigenvalue weighted by Crippen LogP contribution is 2.64. The molecule has 21 heavy (non-hydrogen) atoms. The normalized spacial score (nSPS) is 39.2. The second kappa shape index (κ2) is 4.79. The minimum atomic E-state index is -0.572. The third kappa shape index (κ3) is 1.99. The van der Waals surface area contributed by atoms with Crippen LogP contribution >= 0.6 is 0 Å². The second-order valence-electron chi connectivity index (χ2n) is 7.03. The van der Waals surface area contributed by atoms with Crippen LogP contribution in [0.4, 0.5) is 0 Å². The molecule has 0 aliphatic heterocycles. The van der Waals surface area contributed by atoms with Gasteiger partial charge >= 0.3 is 5.97 Å². The summed E-state index contributed by atoms with van der Waals surface area (Å²) in [7, 11) is 0. The SMILES string of the molecule is CC(=O)OC1=C(C(C)=O)C(C)C2(C)C(=O)CC(C)C2(C)C1. The molecule has 0 aromatic rings. The predicted molar refractivity (Wildman–Crippen MR) is 78.3 cm³/mol. The standard InChI is InChI=1S/C17H24O4/c1-9-7-14(20)17(6)10(2)15(11(3)18)13(21-12(4)19)8-16(9,17)5/h9-10H,7-8H2,1-6H3. The minimum Gasteiger partial charge on any atom is -0.431 e. The van der Waals surface area contributed by atoms with Crippen molar-refractivity contribution < 1.29 is 19.1 Å². The summed E-state index contributed by atoms with van der Waals surface area (Å²) < 4.78 is 5.35. The number of carbonyl (C=O) groups is 3. The Balaban J connectivity index is 2.64. The Morgan fingerprint density at radius 2 is 1.76 bits per heavy atom. The summed E-state index contributed by atoms with van der Waals surface area (Å²) >= 11 is 0. The third-order valence-electron chi connectivity index (χ3n) is 6.12. The molecule has 4 unspecified atom stereocenters. The van der Waals surface area contributed by atoms with E-state index in [1.54, 1.807) is 0 Å². The van der Waals surface area contributed by atoms with Gasteiger partial charge in [0, 0.05) is 36.7 Å². The molecule has 0 aromatic carbocycles. The zero-order chi connectivity index (χ0) is 16.2. The highest BCUT2D eigenvalue weighted by atomic mass is 16.5. The van der Waals surface area contributed by atoms with E-state index in [0.717, 1.165) is 0 Å². The zero-order valence-corrected chi connectivity index (χ0v) is 13.7. The van der Waals surface area contributed by atoms with E-state index in [4.69, 9.17) is 4.74 Å². The van der Waals surface area contributed by atoms with Gasteiger partial charge in [-0.3, -0.25) is 14.4 Å². The quantitative estimate of drug-likeness (QED) is 0.734. The van der Waals surface area contributed by atoms with Crippen molar-refractivity contribution in [2.45, 2.75) is 54.4 Å². The van der Waals surface area contributed by atoms with Crippen LogP contribution in [0.3, 0.4) is 0 Å². The maximum Gasteiger partial charge on any atom is 0.307 e. The Hall–Kier alpha value is -1.45. The summed E-state index contributed by atoms with van der Waals surface area (Å²) in [5, 5.41) is 0. The highest BCUT2D eigenvalue weighted by Gasteiger charge is 2.64. The van der Waals surface area contributed by atoms with E-state index in [1.165, 1.54) is 13.8 Å². The van der Waals surface area contributed by atoms with E-state index >= 15 is 0 Å². The van der Waals surface area contributed by atoms with Crippen molar-refractivity contribution >= 4 is 17.5 Å². The van der Waals surface area contributed by atoms with Gasteiger partial charge in [0.1, 0.15) is 11.5 Å². The molecule has 0 heterocycles. The maximum absolute atomic E-state index is 12.6. The summed E-state index contributed by atoms with van der Waals surface area (Å²) in [4.78, 5) is 36.1. The Kier molecular flexibility index (Phi) is 3.63. The van der Waals surface area contributed by atoms with Crippen LogP contribution in [-0.2, 0) is 19.1 Å². The molecule has 4 nitrogen and oxygen atoms in total. The third-order valence-corrected chi connectivity index (χ3v) is 6.12. The lowest BCUT2D eigenvalue weighted by atomic mass is 9.52. The highest BCUT2D eigenvalue weighted by molar-refractivity contribution is 5.98. The van der Waals surface area contributed by atoms with Crippen LogP contribution in [0.15, 0.2) is 11.3 Å². The van der Waals surface area contributed by atoms with Crippen molar-refractivity contribution in [2.24, 2.45) is 22.7 Å². The van der Waals surface area contributed by atoms with Crippen molar-refractivity contribution in [1.29, 1.82) is 0 Å². The molecule has 0 saturated heterocycles. The van der Waals surface area contributed by atoms with Crippen LogP contribution in [-0.4, -0.2) is 17.5 Å². The number of carbonyl (C=O) groups excluding carboxylic acids is 3. The van der Waals surface area contributed by atoms with Gasteiger partial charge in [0.2, 0.25) is 0 Å². The average Bonchev–Trinajstić information content (AvgIpc) is 2.50. The predicted octanol–water partition coefficient (Wildman–Crippen LogP) is 3.05. The van der Waals surface area contributed by atoms with Crippen molar-refractivity contribution in [3.05, 3.63) is 11.3 Å². The zero-order valence-electron chi connectivity index (χ0n) is 13.7. The number of ether oxygens (including phenoxy) is 1. The van der Waals surface area contributed by atoms with Crippen LogP contribution in [0.1, 0.15) is 54.4 Å². The largest absolute Gasteiger partial charge is 0.431 e. The number of fused-ring (bicyclic) bond motifs is 1. The first-order valence-electron chi connectivity index (χ1n) is 7.51. The first-order chi connectivity index (χ1) is 9.55. The Bertz CT molecular complexity index is 559. The maximum atomic E-state index is 12.6. The van der Waals surface area contributed by atoms with Gasteiger partial charge in [-0.05, 0) is 18.3 Å². The molecular weight excluding hydrogens is 268 g/mol. The van der Waals surface area contributed by atoms with Gasteiger partial charge in [-0.25, -0.2) is 0 Å². The van der Waals surface area contributed by atoms with E-state index in [9.17, 15) is 14.4 Å². The molecule has 0 N–H and O–H groups in total. The molecule has 4 atom stereocenters. The van der Waals surface area contributed by atoms with Crippen molar-refractivity contribution in [1.82, 2.24) is 0 Å². The number of hydrogen-bond donors (Lipinski definition) is 0. The van der Waals surface area contributed by atoms with E-state index in [2.05, 4.69) is 13.8 Å². The summed E-state index contributed by atoms with van der Waals surface area (Å²) in [5.74, 6) is 0.112. The Morgan fingerprint density at radius 3 is 2.24 bits per heavy atom. The fourth-order valence-electron chi connectivity index (χ4n) is 4.36. The molecule has 0 radical (unpaired) electrons. The molecule has 0 amide bonds. The Labute approximate surface area is 125 Å². The fourth-order valence-corrected chi connectivity index (χ4v) is 4.36. The van der Waals surface area contributed by atoms with Crippen LogP contribution in [0.2, 0.25) is 0 Å². The Morgan fingerprint density at radius 1 is 1.19 bits per heavy atom. The van der Waals surface area contributed by atoms with Crippen LogP contribution in [0.25, 0.3) is 0 Å². The van der Waals surface area contributed by atoms with Gasteiger partial charge in [0.05, 0.1) is 0 Å². The topological polar surface area (TPSA) is 60.4 Å². The molecule has 0 bridgehead atoms. The lowest BCUT2D eigenvalue weighted by molar-refractivity contribution is -0.140. The molecule has 0 aromatic heterocycles. The van der Waals surface area contributed by atoms with E-state index in [1.807, 2.05) is 13.8 Å². The van der Waals surface area contributed by atoms with Gasteiger partial charge in [0.25, 0.3) is 0 Å². The first-order valence-corrected chi connectivity index (χ1v) is 7.51. The summed E-state index contributed by atoms with van der Waals surface area (Å²) in [6.07, 6.45) is 0.991. The van der Waals surface area contributed by atoms with Gasteiger partial charge in [0.15, 0.2) is 5.78 Å². The van der Waals surface area contributed by atoms with Gasteiger partial charge in [-0.1, -0.05) is 27.7 Å². The number of rotatable bonds is 2. The van der Waals surface area contributed by atoms with Gasteiger partial charge in [-0.2, -0.15) is 0 Å². The van der Waals surface area contributed by atoms with Crippen molar-refractivity contribution in [2.75, 3.05) is 0 Å². The van der Waals surface area contributed by atoms with E-state index in [0.29, 0.717) is 24.2 Å². The number of ketones is 2. The lowest BCUT2D eigenvalue weighted by Gasteiger charge is -2.50. The molecule has 1 saturated carbocycles. The summed E-state index contributed by atoms with van der Waals surface area (Å²) in [6.45, 7) is 10.9. The second-order valence-corrected chi connectivity index (χ2v) is 7.03.